The van der Waals surface area contributed by atoms with Gasteiger partial charge in [-0.15, -0.1) is 0 Å². The number of aryl methyl sites for hydroxylation is 1. The lowest BCUT2D eigenvalue weighted by atomic mass is 9.98. The molecule has 1 amide bonds. The SMILES string of the molecule is Cn1cc(CC(=O)N2CC(c3nc(Cc4ccccc4)no3)C2)c2ccccc21. The Morgan fingerprint density at radius 2 is 1.86 bits per heavy atom. The molecule has 0 radical (unpaired) electrons. The van der Waals surface area contributed by atoms with Crippen molar-refractivity contribution < 1.29 is 9.32 Å². The van der Waals surface area contributed by atoms with Gasteiger partial charge in [0.25, 0.3) is 0 Å². The van der Waals surface area contributed by atoms with Crippen molar-refractivity contribution in [3.63, 3.8) is 0 Å². The number of amides is 1. The van der Waals surface area contributed by atoms with Crippen LogP contribution in [0.4, 0.5) is 0 Å². The standard InChI is InChI=1S/C23H22N4O2/c1-26-13-17(19-9-5-6-10-20(19)26)12-22(28)27-14-18(15-27)23-24-21(25-29-23)11-16-7-3-2-4-8-16/h2-10,13,18H,11-12,14-15H2,1H3. The van der Waals surface area contributed by atoms with Crippen LogP contribution in [0.2, 0.25) is 0 Å². The summed E-state index contributed by atoms with van der Waals surface area (Å²) in [7, 11) is 2.01. The van der Waals surface area contributed by atoms with Gasteiger partial charge in [0.1, 0.15) is 0 Å². The molecule has 1 fully saturated rings. The minimum Gasteiger partial charge on any atom is -0.350 e. The van der Waals surface area contributed by atoms with Gasteiger partial charge in [-0.05, 0) is 17.2 Å². The third kappa shape index (κ3) is 3.42. The fourth-order valence-corrected chi connectivity index (χ4v) is 3.96. The van der Waals surface area contributed by atoms with E-state index in [-0.39, 0.29) is 11.8 Å². The fraction of sp³-hybridized carbons (Fsp3) is 0.261. The lowest BCUT2D eigenvalue weighted by Gasteiger charge is -2.37. The first kappa shape index (κ1) is 17.7. The molecule has 2 aromatic carbocycles. The average molecular weight is 386 g/mol. The van der Waals surface area contributed by atoms with Gasteiger partial charge in [-0.25, -0.2) is 0 Å². The molecule has 5 rings (SSSR count). The molecule has 0 saturated carbocycles. The van der Waals surface area contributed by atoms with Crippen LogP contribution in [0.5, 0.6) is 0 Å². The second-order valence-electron chi connectivity index (χ2n) is 7.67. The fourth-order valence-electron chi connectivity index (χ4n) is 3.96. The molecule has 0 N–H and O–H groups in total. The van der Waals surface area contributed by atoms with Gasteiger partial charge >= 0.3 is 0 Å². The number of fused-ring (bicyclic) bond motifs is 1. The zero-order valence-electron chi connectivity index (χ0n) is 16.3. The smallest absolute Gasteiger partial charge is 0.233 e. The highest BCUT2D eigenvalue weighted by atomic mass is 16.5. The maximum Gasteiger partial charge on any atom is 0.233 e. The van der Waals surface area contributed by atoms with Crippen LogP contribution in [0.1, 0.15) is 28.8 Å². The Kier molecular flexibility index (Phi) is 4.39. The lowest BCUT2D eigenvalue weighted by Crippen LogP contribution is -2.49. The van der Waals surface area contributed by atoms with E-state index in [1.807, 2.05) is 60.6 Å². The van der Waals surface area contributed by atoms with E-state index in [2.05, 4.69) is 26.8 Å². The topological polar surface area (TPSA) is 64.2 Å². The van der Waals surface area contributed by atoms with Crippen LogP contribution in [-0.2, 0) is 24.7 Å². The highest BCUT2D eigenvalue weighted by Gasteiger charge is 2.35. The summed E-state index contributed by atoms with van der Waals surface area (Å²) in [5.41, 5.74) is 3.37. The summed E-state index contributed by atoms with van der Waals surface area (Å²) in [6, 6.07) is 18.3. The largest absolute Gasteiger partial charge is 0.350 e. The number of hydrogen-bond donors (Lipinski definition) is 0. The highest BCUT2D eigenvalue weighted by Crippen LogP contribution is 2.28. The molecule has 0 aliphatic carbocycles. The first-order valence-electron chi connectivity index (χ1n) is 9.84. The highest BCUT2D eigenvalue weighted by molar-refractivity contribution is 5.89. The van der Waals surface area contributed by atoms with E-state index in [0.29, 0.717) is 37.6 Å². The number of nitrogens with zero attached hydrogens (tertiary/aromatic N) is 4. The summed E-state index contributed by atoms with van der Waals surface area (Å²) in [5, 5.41) is 5.24. The van der Waals surface area contributed by atoms with Gasteiger partial charge in [0.15, 0.2) is 5.82 Å². The number of likely N-dealkylation sites (tertiary alicyclic amines) is 1. The summed E-state index contributed by atoms with van der Waals surface area (Å²) in [6.07, 6.45) is 3.12. The van der Waals surface area contributed by atoms with Gasteiger partial charge < -0.3 is 14.0 Å². The summed E-state index contributed by atoms with van der Waals surface area (Å²) in [5.74, 6) is 1.59. The van der Waals surface area contributed by atoms with Crippen molar-refractivity contribution in [2.45, 2.75) is 18.8 Å². The van der Waals surface area contributed by atoms with Crippen LogP contribution in [0.15, 0.2) is 65.3 Å². The minimum atomic E-state index is 0.128. The van der Waals surface area contributed by atoms with E-state index in [0.717, 1.165) is 22.0 Å². The Balaban J connectivity index is 1.20. The minimum absolute atomic E-state index is 0.128. The van der Waals surface area contributed by atoms with Crippen LogP contribution in [0, 0.1) is 0 Å². The monoisotopic (exact) mass is 386 g/mol. The van der Waals surface area contributed by atoms with Crippen LogP contribution < -0.4 is 0 Å². The number of hydrogen-bond acceptors (Lipinski definition) is 4. The zero-order chi connectivity index (χ0) is 19.8. The normalized spacial score (nSPS) is 14.3. The van der Waals surface area contributed by atoms with Gasteiger partial charge in [0, 0.05) is 43.7 Å². The van der Waals surface area contributed by atoms with Gasteiger partial charge in [0.05, 0.1) is 12.3 Å². The Labute approximate surface area is 168 Å². The molecular weight excluding hydrogens is 364 g/mol. The maximum absolute atomic E-state index is 12.7. The molecule has 1 saturated heterocycles. The first-order valence-corrected chi connectivity index (χ1v) is 9.84. The molecule has 6 nitrogen and oxygen atoms in total. The third-order valence-electron chi connectivity index (χ3n) is 5.59. The maximum atomic E-state index is 12.7. The van der Waals surface area contributed by atoms with Crippen LogP contribution in [0.25, 0.3) is 10.9 Å². The van der Waals surface area contributed by atoms with E-state index < -0.39 is 0 Å². The van der Waals surface area contributed by atoms with E-state index in [1.165, 1.54) is 0 Å². The number of carbonyl (C=O) groups is 1. The molecule has 2 aromatic heterocycles. The summed E-state index contributed by atoms with van der Waals surface area (Å²) in [6.45, 7) is 1.27. The van der Waals surface area contributed by atoms with Crippen LogP contribution in [-0.4, -0.2) is 38.6 Å². The molecule has 3 heterocycles. The molecule has 6 heteroatoms. The molecule has 0 bridgehead atoms. The molecule has 4 aromatic rings. The molecule has 0 unspecified atom stereocenters. The Morgan fingerprint density at radius 3 is 2.69 bits per heavy atom. The van der Waals surface area contributed by atoms with Crippen molar-refractivity contribution in [2.75, 3.05) is 13.1 Å². The van der Waals surface area contributed by atoms with Crippen LogP contribution in [0.3, 0.4) is 0 Å². The second kappa shape index (κ2) is 7.20. The quantitative estimate of drug-likeness (QED) is 0.528. The Hall–Kier alpha value is -3.41. The van der Waals surface area contributed by atoms with E-state index in [9.17, 15) is 4.79 Å². The number of rotatable bonds is 5. The molecule has 146 valence electrons. The number of carbonyl (C=O) groups excluding carboxylic acids is 1. The van der Waals surface area contributed by atoms with Gasteiger partial charge in [-0.2, -0.15) is 4.98 Å². The van der Waals surface area contributed by atoms with Crippen molar-refractivity contribution in [1.82, 2.24) is 19.6 Å². The van der Waals surface area contributed by atoms with Crippen molar-refractivity contribution in [1.29, 1.82) is 0 Å². The summed E-state index contributed by atoms with van der Waals surface area (Å²) < 4.78 is 7.52. The summed E-state index contributed by atoms with van der Waals surface area (Å²) in [4.78, 5) is 19.1. The van der Waals surface area contributed by atoms with E-state index in [4.69, 9.17) is 4.52 Å². The average Bonchev–Trinajstić information content (AvgIpc) is 3.27. The molecule has 0 spiro atoms. The molecule has 0 atom stereocenters. The van der Waals surface area contributed by atoms with E-state index >= 15 is 0 Å². The number of aromatic nitrogens is 3. The molecular formula is C23H22N4O2. The zero-order valence-corrected chi connectivity index (χ0v) is 16.3. The lowest BCUT2D eigenvalue weighted by molar-refractivity contribution is -0.135. The van der Waals surface area contributed by atoms with Crippen LogP contribution >= 0.6 is 0 Å². The van der Waals surface area contributed by atoms with Crippen molar-refractivity contribution in [3.8, 4) is 0 Å². The van der Waals surface area contributed by atoms with Crippen molar-refractivity contribution in [2.24, 2.45) is 7.05 Å². The molecule has 29 heavy (non-hydrogen) atoms. The second-order valence-corrected chi connectivity index (χ2v) is 7.67. The van der Waals surface area contributed by atoms with Crippen molar-refractivity contribution in [3.05, 3.63) is 83.6 Å². The summed E-state index contributed by atoms with van der Waals surface area (Å²) >= 11 is 0. The Morgan fingerprint density at radius 1 is 1.10 bits per heavy atom. The number of benzene rings is 2. The van der Waals surface area contributed by atoms with Gasteiger partial charge in [0.2, 0.25) is 11.8 Å². The first-order chi connectivity index (χ1) is 14.2. The van der Waals surface area contributed by atoms with Gasteiger partial charge in [-0.1, -0.05) is 53.7 Å². The van der Waals surface area contributed by atoms with Crippen molar-refractivity contribution >= 4 is 16.8 Å². The molecule has 1 aliphatic rings. The molecule has 1 aliphatic heterocycles. The van der Waals surface area contributed by atoms with E-state index in [1.54, 1.807) is 0 Å². The number of para-hydroxylation sites is 1. The predicted octanol–water partition coefficient (Wildman–Crippen LogP) is 3.32. The van der Waals surface area contributed by atoms with Gasteiger partial charge in [-0.3, -0.25) is 4.79 Å². The Bertz CT molecular complexity index is 1160. The predicted molar refractivity (Wildman–Crippen MR) is 109 cm³/mol. The third-order valence-corrected chi connectivity index (χ3v) is 5.59.